The molecule has 28 heavy (non-hydrogen) atoms. The summed E-state index contributed by atoms with van der Waals surface area (Å²) in [7, 11) is 3.64. The Morgan fingerprint density at radius 2 is 1.79 bits per heavy atom. The van der Waals surface area contributed by atoms with Gasteiger partial charge in [0.15, 0.2) is 0 Å². The fourth-order valence-corrected chi connectivity index (χ4v) is 4.06. The summed E-state index contributed by atoms with van der Waals surface area (Å²) >= 11 is 0. The molecule has 3 fully saturated rings. The van der Waals surface area contributed by atoms with Gasteiger partial charge in [-0.15, -0.1) is 0 Å². The Labute approximate surface area is 162 Å². The van der Waals surface area contributed by atoms with Crippen LogP contribution >= 0.6 is 0 Å². The smallest absolute Gasteiger partial charge is 0.475 e. The lowest BCUT2D eigenvalue weighted by Gasteiger charge is -2.41. The number of amides is 1. The van der Waals surface area contributed by atoms with Crippen LogP contribution < -0.4 is 0 Å². The van der Waals surface area contributed by atoms with Gasteiger partial charge >= 0.3 is 12.1 Å². The number of carboxylic acid groups (broad SMARTS) is 1. The van der Waals surface area contributed by atoms with Gasteiger partial charge < -0.3 is 19.5 Å². The van der Waals surface area contributed by atoms with Gasteiger partial charge in [-0.3, -0.25) is 9.69 Å². The van der Waals surface area contributed by atoms with Crippen LogP contribution in [0.25, 0.3) is 0 Å². The van der Waals surface area contributed by atoms with Gasteiger partial charge in [-0.1, -0.05) is 0 Å². The molecule has 10 heteroatoms. The van der Waals surface area contributed by atoms with Crippen molar-refractivity contribution in [1.29, 1.82) is 0 Å². The van der Waals surface area contributed by atoms with E-state index in [-0.39, 0.29) is 12.0 Å². The van der Waals surface area contributed by atoms with Gasteiger partial charge in [0.05, 0.1) is 19.1 Å². The number of likely N-dealkylation sites (tertiary alicyclic amines) is 1. The number of piperidine rings is 1. The molecule has 1 amide bonds. The molecule has 0 bridgehead atoms. The first-order chi connectivity index (χ1) is 13.1. The zero-order chi connectivity index (χ0) is 20.9. The lowest BCUT2D eigenvalue weighted by Crippen LogP contribution is -2.48. The summed E-state index contributed by atoms with van der Waals surface area (Å²) in [4.78, 5) is 25.1. The quantitative estimate of drug-likeness (QED) is 0.762. The van der Waals surface area contributed by atoms with Crippen LogP contribution in [0.2, 0.25) is 0 Å². The molecule has 3 saturated heterocycles. The molecule has 0 saturated carbocycles. The Bertz CT molecular complexity index is 538. The summed E-state index contributed by atoms with van der Waals surface area (Å²) in [5.74, 6) is -1.38. The third kappa shape index (κ3) is 6.31. The zero-order valence-electron chi connectivity index (χ0n) is 16.3. The van der Waals surface area contributed by atoms with E-state index < -0.39 is 12.1 Å². The second kappa shape index (κ2) is 9.89. The van der Waals surface area contributed by atoms with Crippen LogP contribution in [0.4, 0.5) is 13.2 Å². The van der Waals surface area contributed by atoms with Crippen LogP contribution in [0.5, 0.6) is 0 Å². The van der Waals surface area contributed by atoms with Gasteiger partial charge in [0.2, 0.25) is 5.91 Å². The Morgan fingerprint density at radius 1 is 1.18 bits per heavy atom. The maximum atomic E-state index is 11.9. The maximum Gasteiger partial charge on any atom is 0.490 e. The lowest BCUT2D eigenvalue weighted by atomic mass is 9.82. The van der Waals surface area contributed by atoms with Crippen molar-refractivity contribution >= 4 is 11.9 Å². The monoisotopic (exact) mass is 410 g/mol. The molecule has 3 aliphatic heterocycles. The van der Waals surface area contributed by atoms with Crippen molar-refractivity contribution in [3.63, 3.8) is 0 Å². The number of rotatable bonds is 3. The summed E-state index contributed by atoms with van der Waals surface area (Å²) < 4.78 is 43.2. The highest BCUT2D eigenvalue weighted by molar-refractivity contribution is 5.76. The number of halogens is 3. The Morgan fingerprint density at radius 3 is 2.32 bits per heavy atom. The minimum atomic E-state index is -5.08. The van der Waals surface area contributed by atoms with E-state index in [0.29, 0.717) is 24.3 Å². The number of carbonyl (C=O) groups is 2. The number of hydrogen-bond donors (Lipinski definition) is 1. The first-order valence-electron chi connectivity index (χ1n) is 9.53. The number of fused-ring (bicyclic) bond motifs is 1. The van der Waals surface area contributed by atoms with Crippen molar-refractivity contribution in [3.8, 4) is 0 Å². The predicted molar refractivity (Wildman–Crippen MR) is 93.8 cm³/mol. The van der Waals surface area contributed by atoms with E-state index >= 15 is 0 Å². The third-order valence-electron chi connectivity index (χ3n) is 5.65. The maximum absolute atomic E-state index is 11.9. The largest absolute Gasteiger partial charge is 0.490 e. The molecule has 0 aliphatic carbocycles. The molecule has 3 aliphatic rings. The van der Waals surface area contributed by atoms with E-state index in [2.05, 4.69) is 4.90 Å². The molecule has 7 nitrogen and oxygen atoms in total. The number of carboxylic acids is 1. The summed E-state index contributed by atoms with van der Waals surface area (Å²) in [6, 6.07) is 0.696. The zero-order valence-corrected chi connectivity index (χ0v) is 16.3. The van der Waals surface area contributed by atoms with Gasteiger partial charge in [0, 0.05) is 45.8 Å². The first-order valence-corrected chi connectivity index (χ1v) is 9.53. The standard InChI is InChI=1S/C16H28N2O3.C2HF3O2/c1-17(2)16(19)9-15-14-3-6-18(10-12(14)11-21-15)13-4-7-20-8-5-13;3-2(4,5)1(6)7/h12-15H,3-11H2,1-2H3;(H,6,7)/t12-,14-,15-;/m1./s1. The van der Waals surface area contributed by atoms with Crippen LogP contribution in [-0.2, 0) is 19.1 Å². The molecular formula is C18H29F3N2O5. The molecule has 162 valence electrons. The van der Waals surface area contributed by atoms with Crippen molar-refractivity contribution in [2.45, 2.75) is 44.0 Å². The van der Waals surface area contributed by atoms with E-state index in [0.717, 1.165) is 32.9 Å². The molecule has 3 atom stereocenters. The third-order valence-corrected chi connectivity index (χ3v) is 5.65. The number of alkyl halides is 3. The molecule has 0 aromatic rings. The topological polar surface area (TPSA) is 79.3 Å². The predicted octanol–water partition coefficient (Wildman–Crippen LogP) is 1.61. The van der Waals surface area contributed by atoms with Crippen molar-refractivity contribution in [2.24, 2.45) is 11.8 Å². The molecule has 1 N–H and O–H groups in total. The van der Waals surface area contributed by atoms with Gasteiger partial charge in [0.1, 0.15) is 0 Å². The Kier molecular flexibility index (Phi) is 8.08. The number of aliphatic carboxylic acids is 1. The second-order valence-corrected chi connectivity index (χ2v) is 7.72. The Hall–Kier alpha value is -1.39. The van der Waals surface area contributed by atoms with E-state index in [1.165, 1.54) is 19.3 Å². The van der Waals surface area contributed by atoms with Gasteiger partial charge in [0.25, 0.3) is 0 Å². The van der Waals surface area contributed by atoms with Crippen molar-refractivity contribution in [1.82, 2.24) is 9.80 Å². The number of nitrogens with zero attached hydrogens (tertiary/aromatic N) is 2. The van der Waals surface area contributed by atoms with E-state index in [1.54, 1.807) is 4.90 Å². The average Bonchev–Trinajstić information content (AvgIpc) is 3.04. The van der Waals surface area contributed by atoms with Crippen LogP contribution in [0.15, 0.2) is 0 Å². The highest BCUT2D eigenvalue weighted by Gasteiger charge is 2.43. The normalized spacial score (nSPS) is 28.8. The first kappa shape index (κ1) is 22.9. The van der Waals surface area contributed by atoms with Crippen molar-refractivity contribution < 1.29 is 37.3 Å². The minimum Gasteiger partial charge on any atom is -0.475 e. The van der Waals surface area contributed by atoms with E-state index in [1.807, 2.05) is 14.1 Å². The summed E-state index contributed by atoms with van der Waals surface area (Å²) in [5.41, 5.74) is 0. The lowest BCUT2D eigenvalue weighted by molar-refractivity contribution is -0.192. The molecule has 0 unspecified atom stereocenters. The molecule has 0 radical (unpaired) electrons. The van der Waals surface area contributed by atoms with Crippen molar-refractivity contribution in [3.05, 3.63) is 0 Å². The molecule has 0 aromatic heterocycles. The number of ether oxygens (including phenoxy) is 2. The van der Waals surface area contributed by atoms with Crippen molar-refractivity contribution in [2.75, 3.05) is 47.0 Å². The summed E-state index contributed by atoms with van der Waals surface area (Å²) in [5, 5.41) is 7.12. The molecule has 3 heterocycles. The number of hydrogen-bond acceptors (Lipinski definition) is 5. The highest BCUT2D eigenvalue weighted by Crippen LogP contribution is 2.37. The van der Waals surface area contributed by atoms with E-state index in [4.69, 9.17) is 19.4 Å². The van der Waals surface area contributed by atoms with Gasteiger partial charge in [-0.25, -0.2) is 4.79 Å². The molecule has 3 rings (SSSR count). The minimum absolute atomic E-state index is 0.140. The second-order valence-electron chi connectivity index (χ2n) is 7.72. The SMILES string of the molecule is CN(C)C(=O)C[C@H]1OC[C@H]2CN(C3CCOCC3)CC[C@H]21.O=C(O)C(F)(F)F. The van der Waals surface area contributed by atoms with Gasteiger partial charge in [-0.05, 0) is 31.7 Å². The summed E-state index contributed by atoms with van der Waals surface area (Å²) in [6.07, 6.45) is -0.887. The summed E-state index contributed by atoms with van der Waals surface area (Å²) in [6.45, 7) is 4.94. The molecule has 0 spiro atoms. The van der Waals surface area contributed by atoms with Gasteiger partial charge in [-0.2, -0.15) is 13.2 Å². The fraction of sp³-hybridized carbons (Fsp3) is 0.889. The van der Waals surface area contributed by atoms with E-state index in [9.17, 15) is 18.0 Å². The van der Waals surface area contributed by atoms with Crippen LogP contribution in [-0.4, -0.2) is 92.1 Å². The molecule has 0 aromatic carbocycles. The Balaban J connectivity index is 0.000000345. The average molecular weight is 410 g/mol. The number of carbonyl (C=O) groups excluding carboxylic acids is 1. The van der Waals surface area contributed by atoms with Crippen LogP contribution in [0, 0.1) is 11.8 Å². The van der Waals surface area contributed by atoms with Crippen LogP contribution in [0.3, 0.4) is 0 Å². The fourth-order valence-electron chi connectivity index (χ4n) is 4.06. The highest BCUT2D eigenvalue weighted by atomic mass is 19.4. The molecular weight excluding hydrogens is 381 g/mol. The van der Waals surface area contributed by atoms with Crippen LogP contribution in [0.1, 0.15) is 25.7 Å².